The van der Waals surface area contributed by atoms with Gasteiger partial charge in [-0.1, -0.05) is 25.4 Å². The number of benzene rings is 1. The second-order valence-corrected chi connectivity index (χ2v) is 7.42. The second-order valence-electron chi connectivity index (χ2n) is 5.27. The van der Waals surface area contributed by atoms with Crippen molar-refractivity contribution >= 4 is 27.6 Å². The molecule has 8 heteroatoms. The van der Waals surface area contributed by atoms with Gasteiger partial charge in [-0.05, 0) is 30.5 Å². The molecule has 0 saturated carbocycles. The summed E-state index contributed by atoms with van der Waals surface area (Å²) in [6.07, 6.45) is 0.360. The Labute approximate surface area is 134 Å². The van der Waals surface area contributed by atoms with Crippen LogP contribution in [0, 0.1) is 23.2 Å². The molecule has 0 heterocycles. The first kappa shape index (κ1) is 18.4. The zero-order valence-corrected chi connectivity index (χ0v) is 13.8. The van der Waals surface area contributed by atoms with Crippen LogP contribution in [0.1, 0.15) is 25.8 Å². The third-order valence-electron chi connectivity index (χ3n) is 2.98. The predicted molar refractivity (Wildman–Crippen MR) is 81.9 cm³/mol. The average Bonchev–Trinajstić information content (AvgIpc) is 2.42. The third kappa shape index (κ3) is 4.98. The van der Waals surface area contributed by atoms with Crippen LogP contribution in [0.4, 0.5) is 0 Å². The van der Waals surface area contributed by atoms with Crippen LogP contribution in [0.3, 0.4) is 0 Å². The summed E-state index contributed by atoms with van der Waals surface area (Å²) in [6.45, 7) is 3.51. The number of halogens is 1. The van der Waals surface area contributed by atoms with Crippen LogP contribution >= 0.6 is 11.6 Å². The van der Waals surface area contributed by atoms with Crippen molar-refractivity contribution in [3.05, 3.63) is 28.8 Å². The molecule has 1 rings (SSSR count). The molecule has 0 aliphatic rings. The van der Waals surface area contributed by atoms with E-state index in [1.807, 2.05) is 19.9 Å². The normalized spacial score (nSPS) is 12.9. The van der Waals surface area contributed by atoms with Gasteiger partial charge in [-0.25, -0.2) is 13.1 Å². The maximum absolute atomic E-state index is 12.2. The Bertz CT molecular complexity index is 695. The maximum atomic E-state index is 12.2. The van der Waals surface area contributed by atoms with Crippen LogP contribution in [0.2, 0.25) is 5.02 Å². The second kappa shape index (κ2) is 7.58. The van der Waals surface area contributed by atoms with Crippen LogP contribution in [0.25, 0.3) is 0 Å². The Hall–Kier alpha value is -1.62. The van der Waals surface area contributed by atoms with E-state index in [2.05, 4.69) is 4.72 Å². The number of carboxylic acid groups (broad SMARTS) is 1. The van der Waals surface area contributed by atoms with E-state index in [-0.39, 0.29) is 27.9 Å². The molecule has 2 N–H and O–H groups in total. The Kier molecular flexibility index (Phi) is 6.35. The highest BCUT2D eigenvalue weighted by Gasteiger charge is 2.24. The fourth-order valence-electron chi connectivity index (χ4n) is 1.92. The number of carbonyl (C=O) groups is 1. The van der Waals surface area contributed by atoms with Crippen molar-refractivity contribution in [2.45, 2.75) is 25.2 Å². The lowest BCUT2D eigenvalue weighted by atomic mass is 9.98. The first-order valence-corrected chi connectivity index (χ1v) is 8.45. The molecular weight excluding hydrogens is 328 g/mol. The summed E-state index contributed by atoms with van der Waals surface area (Å²) in [5.74, 6) is -1.74. The summed E-state index contributed by atoms with van der Waals surface area (Å²) in [5, 5.41) is 17.8. The predicted octanol–water partition coefficient (Wildman–Crippen LogP) is 2.24. The van der Waals surface area contributed by atoms with Gasteiger partial charge >= 0.3 is 5.97 Å². The van der Waals surface area contributed by atoms with Crippen LogP contribution < -0.4 is 4.72 Å². The molecule has 0 saturated heterocycles. The molecule has 120 valence electrons. The van der Waals surface area contributed by atoms with Crippen LogP contribution in [-0.4, -0.2) is 26.0 Å². The zero-order valence-electron chi connectivity index (χ0n) is 12.2. The summed E-state index contributed by atoms with van der Waals surface area (Å²) >= 11 is 5.87. The number of sulfonamides is 1. The van der Waals surface area contributed by atoms with E-state index in [0.717, 1.165) is 0 Å². The topological polar surface area (TPSA) is 107 Å². The van der Waals surface area contributed by atoms with Gasteiger partial charge in [-0.15, -0.1) is 0 Å². The van der Waals surface area contributed by atoms with Crippen molar-refractivity contribution in [2.24, 2.45) is 11.8 Å². The van der Waals surface area contributed by atoms with Crippen LogP contribution in [-0.2, 0) is 14.8 Å². The van der Waals surface area contributed by atoms with Crippen molar-refractivity contribution in [2.75, 3.05) is 6.54 Å². The van der Waals surface area contributed by atoms with Crippen molar-refractivity contribution in [3.63, 3.8) is 0 Å². The Balaban J connectivity index is 2.92. The van der Waals surface area contributed by atoms with Gasteiger partial charge in [0.15, 0.2) is 0 Å². The van der Waals surface area contributed by atoms with Gasteiger partial charge in [0.2, 0.25) is 10.0 Å². The van der Waals surface area contributed by atoms with Crippen LogP contribution in [0.5, 0.6) is 0 Å². The fraction of sp³-hybridized carbons (Fsp3) is 0.429. The largest absolute Gasteiger partial charge is 0.481 e. The van der Waals surface area contributed by atoms with E-state index in [1.54, 1.807) is 0 Å². The quantitative estimate of drug-likeness (QED) is 0.788. The Morgan fingerprint density at radius 3 is 2.55 bits per heavy atom. The zero-order chi connectivity index (χ0) is 16.9. The molecule has 1 aromatic rings. The minimum Gasteiger partial charge on any atom is -0.481 e. The minimum absolute atomic E-state index is 0.0812. The number of carboxylic acids is 1. The van der Waals surface area contributed by atoms with Gasteiger partial charge in [-0.3, -0.25) is 4.79 Å². The SMILES string of the molecule is CC(C)CC(CNS(=O)(=O)c1ccc(C#N)cc1Cl)C(=O)O. The lowest BCUT2D eigenvalue weighted by Crippen LogP contribution is -2.33. The molecule has 0 aliphatic carbocycles. The number of nitrogens with zero attached hydrogens (tertiary/aromatic N) is 1. The molecule has 1 atom stereocenters. The van der Waals surface area contributed by atoms with Crippen molar-refractivity contribution < 1.29 is 18.3 Å². The molecule has 1 unspecified atom stereocenters. The molecule has 1 aromatic carbocycles. The molecule has 0 amide bonds. The van der Waals surface area contributed by atoms with E-state index >= 15 is 0 Å². The standard InChI is InChI=1S/C14H17ClN2O4S/c1-9(2)5-11(14(18)19)8-17-22(20,21)13-4-3-10(7-16)6-12(13)15/h3-4,6,9,11,17H,5,8H2,1-2H3,(H,18,19). The van der Waals surface area contributed by atoms with E-state index in [1.165, 1.54) is 18.2 Å². The van der Waals surface area contributed by atoms with Crippen LogP contribution in [0.15, 0.2) is 23.1 Å². The summed E-state index contributed by atoms with van der Waals surface area (Å²) in [7, 11) is -3.93. The highest BCUT2D eigenvalue weighted by atomic mass is 35.5. The smallest absolute Gasteiger partial charge is 0.307 e. The first-order valence-electron chi connectivity index (χ1n) is 6.59. The molecule has 0 aliphatic heterocycles. The number of aliphatic carboxylic acids is 1. The third-order valence-corrected chi connectivity index (χ3v) is 4.88. The summed E-state index contributed by atoms with van der Waals surface area (Å²) in [4.78, 5) is 11.0. The average molecular weight is 345 g/mol. The molecule has 22 heavy (non-hydrogen) atoms. The van der Waals surface area contributed by atoms with E-state index in [0.29, 0.717) is 6.42 Å². The Morgan fingerprint density at radius 2 is 2.09 bits per heavy atom. The Morgan fingerprint density at radius 1 is 1.45 bits per heavy atom. The molecule has 6 nitrogen and oxygen atoms in total. The number of hydrogen-bond acceptors (Lipinski definition) is 4. The van der Waals surface area contributed by atoms with E-state index in [9.17, 15) is 13.2 Å². The molecular formula is C14H17ClN2O4S. The van der Waals surface area contributed by atoms with Gasteiger partial charge < -0.3 is 5.11 Å². The first-order chi connectivity index (χ1) is 10.2. The molecule has 0 aromatic heterocycles. The summed E-state index contributed by atoms with van der Waals surface area (Å²) < 4.78 is 26.7. The monoisotopic (exact) mass is 344 g/mol. The van der Waals surface area contributed by atoms with Crippen molar-refractivity contribution in [1.82, 2.24) is 4.72 Å². The van der Waals surface area contributed by atoms with Gasteiger partial charge in [0.1, 0.15) is 4.90 Å². The van der Waals surface area contributed by atoms with E-state index in [4.69, 9.17) is 22.0 Å². The van der Waals surface area contributed by atoms with Gasteiger partial charge in [0, 0.05) is 6.54 Å². The van der Waals surface area contributed by atoms with Gasteiger partial charge in [0.25, 0.3) is 0 Å². The number of rotatable bonds is 7. The van der Waals surface area contributed by atoms with Crippen molar-refractivity contribution in [1.29, 1.82) is 5.26 Å². The molecule has 0 fully saturated rings. The van der Waals surface area contributed by atoms with Gasteiger partial charge in [-0.2, -0.15) is 5.26 Å². The lowest BCUT2D eigenvalue weighted by molar-refractivity contribution is -0.142. The molecule has 0 radical (unpaired) electrons. The number of nitriles is 1. The summed E-state index contributed by atoms with van der Waals surface area (Å²) in [6, 6.07) is 5.66. The molecule has 0 bridgehead atoms. The molecule has 0 spiro atoms. The van der Waals surface area contributed by atoms with Gasteiger partial charge in [0.05, 0.1) is 22.6 Å². The highest BCUT2D eigenvalue weighted by Crippen LogP contribution is 2.22. The van der Waals surface area contributed by atoms with Crippen molar-refractivity contribution in [3.8, 4) is 6.07 Å². The number of nitrogens with one attached hydrogen (secondary N) is 1. The fourth-order valence-corrected chi connectivity index (χ4v) is 3.54. The lowest BCUT2D eigenvalue weighted by Gasteiger charge is -2.16. The maximum Gasteiger partial charge on any atom is 0.307 e. The summed E-state index contributed by atoms with van der Waals surface area (Å²) in [5.41, 5.74) is 0.243. The number of hydrogen-bond donors (Lipinski definition) is 2. The minimum atomic E-state index is -3.93. The van der Waals surface area contributed by atoms with E-state index < -0.39 is 21.9 Å². The highest BCUT2D eigenvalue weighted by molar-refractivity contribution is 7.89.